The van der Waals surface area contributed by atoms with Gasteiger partial charge in [0.05, 0.1) is 11.5 Å². The number of nitro groups is 1. The fraction of sp³-hybridized carbons (Fsp3) is 0.222. The summed E-state index contributed by atoms with van der Waals surface area (Å²) < 4.78 is 5.40. The Bertz CT molecular complexity index is 854. The molecule has 3 rings (SSSR count). The van der Waals surface area contributed by atoms with Crippen LogP contribution in [0.2, 0.25) is 0 Å². The van der Waals surface area contributed by atoms with Gasteiger partial charge in [0, 0.05) is 23.8 Å². The second-order valence-corrected chi connectivity index (χ2v) is 5.42. The Morgan fingerprint density at radius 2 is 1.96 bits per heavy atom. The van der Waals surface area contributed by atoms with Crippen molar-refractivity contribution in [3.8, 4) is 11.3 Å². The number of aromatic nitrogens is 1. The first kappa shape index (κ1) is 15.2. The maximum Gasteiger partial charge on any atom is 0.293 e. The van der Waals surface area contributed by atoms with E-state index in [4.69, 9.17) is 4.74 Å². The minimum Gasteiger partial charge on any atom is -0.377 e. The number of nitrogens with zero attached hydrogens (tertiary/aromatic N) is 1. The molecule has 0 saturated carbocycles. The Labute approximate surface area is 134 Å². The molecule has 0 spiro atoms. The summed E-state index contributed by atoms with van der Waals surface area (Å²) in [6.07, 6.45) is 0. The highest BCUT2D eigenvalue weighted by atomic mass is 16.6. The summed E-state index contributed by atoms with van der Waals surface area (Å²) >= 11 is 0. The second kappa shape index (κ2) is 6.22. The third-order valence-corrected chi connectivity index (χ3v) is 3.94. The summed E-state index contributed by atoms with van der Waals surface area (Å²) in [6.45, 7) is 4.84. The third-order valence-electron chi connectivity index (χ3n) is 3.94. The first-order valence-electron chi connectivity index (χ1n) is 7.54. The van der Waals surface area contributed by atoms with Crippen LogP contribution in [0.3, 0.4) is 0 Å². The quantitative estimate of drug-likeness (QED) is 0.553. The van der Waals surface area contributed by atoms with E-state index in [1.807, 2.05) is 50.2 Å². The molecule has 0 saturated heterocycles. The molecule has 5 heteroatoms. The van der Waals surface area contributed by atoms with Gasteiger partial charge in [-0.25, -0.2) is 0 Å². The van der Waals surface area contributed by atoms with E-state index in [1.165, 1.54) is 0 Å². The average Bonchev–Trinajstić information content (AvgIpc) is 2.90. The molecule has 0 fully saturated rings. The zero-order valence-corrected chi connectivity index (χ0v) is 13.1. The van der Waals surface area contributed by atoms with Crippen molar-refractivity contribution in [1.29, 1.82) is 0 Å². The predicted octanol–water partition coefficient (Wildman–Crippen LogP) is 4.59. The van der Waals surface area contributed by atoms with Crippen LogP contribution < -0.4 is 0 Å². The largest absolute Gasteiger partial charge is 0.377 e. The van der Waals surface area contributed by atoms with Crippen LogP contribution in [0, 0.1) is 17.0 Å². The minimum atomic E-state index is -0.345. The Hall–Kier alpha value is -2.66. The van der Waals surface area contributed by atoms with Crippen LogP contribution in [-0.2, 0) is 11.3 Å². The number of nitrogens with one attached hydrogen (secondary N) is 1. The van der Waals surface area contributed by atoms with Crippen LogP contribution in [0.25, 0.3) is 22.2 Å². The fourth-order valence-corrected chi connectivity index (χ4v) is 2.81. The number of fused-ring (bicyclic) bond motifs is 1. The lowest BCUT2D eigenvalue weighted by Gasteiger charge is -2.03. The van der Waals surface area contributed by atoms with Gasteiger partial charge in [-0.05, 0) is 36.6 Å². The number of hydrogen-bond donors (Lipinski definition) is 1. The summed E-state index contributed by atoms with van der Waals surface area (Å²) in [5, 5.41) is 12.3. The number of H-pyrrole nitrogens is 1. The molecule has 23 heavy (non-hydrogen) atoms. The van der Waals surface area contributed by atoms with Gasteiger partial charge in [-0.3, -0.25) is 10.1 Å². The highest BCUT2D eigenvalue weighted by Crippen LogP contribution is 2.35. The SMILES string of the molecule is CCOCc1cc([N+](=O)[O-])c2[nH]c(-c3ccccc3)c(C)c2c1. The minimum absolute atomic E-state index is 0.0856. The number of ether oxygens (including phenoxy) is 1. The molecule has 0 aliphatic heterocycles. The summed E-state index contributed by atoms with van der Waals surface area (Å²) in [5.74, 6) is 0. The molecule has 0 aliphatic rings. The van der Waals surface area contributed by atoms with Gasteiger partial charge >= 0.3 is 0 Å². The van der Waals surface area contributed by atoms with Crippen LogP contribution >= 0.6 is 0 Å². The summed E-state index contributed by atoms with van der Waals surface area (Å²) in [4.78, 5) is 14.3. The molecule has 1 N–H and O–H groups in total. The van der Waals surface area contributed by atoms with Gasteiger partial charge < -0.3 is 9.72 Å². The van der Waals surface area contributed by atoms with Gasteiger partial charge in [0.25, 0.3) is 5.69 Å². The van der Waals surface area contributed by atoms with Crippen molar-refractivity contribution in [2.45, 2.75) is 20.5 Å². The number of rotatable bonds is 5. The van der Waals surface area contributed by atoms with Crippen LogP contribution in [0.15, 0.2) is 42.5 Å². The van der Waals surface area contributed by atoms with Crippen molar-refractivity contribution >= 4 is 16.6 Å². The Kier molecular flexibility index (Phi) is 4.12. The zero-order chi connectivity index (χ0) is 16.4. The standard InChI is InChI=1S/C18H18N2O3/c1-3-23-11-13-9-15-12(2)17(14-7-5-4-6-8-14)19-18(15)16(10-13)20(21)22/h4-10,19H,3,11H2,1-2H3. The molecule has 0 atom stereocenters. The second-order valence-electron chi connectivity index (χ2n) is 5.42. The summed E-state index contributed by atoms with van der Waals surface area (Å²) in [5.41, 5.74) is 4.40. The maximum atomic E-state index is 11.4. The van der Waals surface area contributed by atoms with E-state index in [2.05, 4.69) is 4.98 Å². The predicted molar refractivity (Wildman–Crippen MR) is 90.5 cm³/mol. The maximum absolute atomic E-state index is 11.4. The molecule has 0 amide bonds. The number of nitro benzene ring substituents is 1. The number of hydrogen-bond acceptors (Lipinski definition) is 3. The van der Waals surface area contributed by atoms with E-state index in [0.717, 1.165) is 27.8 Å². The highest BCUT2D eigenvalue weighted by molar-refractivity contribution is 5.96. The lowest BCUT2D eigenvalue weighted by molar-refractivity contribution is -0.383. The third kappa shape index (κ3) is 2.83. The van der Waals surface area contributed by atoms with Crippen molar-refractivity contribution in [2.75, 3.05) is 6.61 Å². The van der Waals surface area contributed by atoms with Crippen molar-refractivity contribution < 1.29 is 9.66 Å². The van der Waals surface area contributed by atoms with Crippen molar-refractivity contribution in [2.24, 2.45) is 0 Å². The molecule has 0 unspecified atom stereocenters. The normalized spacial score (nSPS) is 11.0. The fourth-order valence-electron chi connectivity index (χ4n) is 2.81. The molecule has 1 aromatic heterocycles. The first-order chi connectivity index (χ1) is 11.1. The van der Waals surface area contributed by atoms with E-state index in [0.29, 0.717) is 18.7 Å². The molecular weight excluding hydrogens is 292 g/mol. The van der Waals surface area contributed by atoms with E-state index in [9.17, 15) is 10.1 Å². The van der Waals surface area contributed by atoms with Gasteiger partial charge in [-0.1, -0.05) is 30.3 Å². The average molecular weight is 310 g/mol. The highest BCUT2D eigenvalue weighted by Gasteiger charge is 2.20. The molecule has 3 aromatic rings. The molecule has 118 valence electrons. The van der Waals surface area contributed by atoms with Crippen molar-refractivity contribution in [1.82, 2.24) is 4.98 Å². The molecule has 0 radical (unpaired) electrons. The molecule has 5 nitrogen and oxygen atoms in total. The Morgan fingerprint density at radius 1 is 1.22 bits per heavy atom. The monoisotopic (exact) mass is 310 g/mol. The van der Waals surface area contributed by atoms with Crippen LogP contribution in [-0.4, -0.2) is 16.5 Å². The molecular formula is C18H18N2O3. The van der Waals surface area contributed by atoms with E-state index in [1.54, 1.807) is 6.07 Å². The number of aromatic amines is 1. The first-order valence-corrected chi connectivity index (χ1v) is 7.54. The molecule has 2 aromatic carbocycles. The van der Waals surface area contributed by atoms with Crippen molar-refractivity contribution in [3.05, 3.63) is 63.7 Å². The number of benzene rings is 2. The lowest BCUT2D eigenvalue weighted by atomic mass is 10.0. The van der Waals surface area contributed by atoms with Gasteiger partial charge in [0.2, 0.25) is 0 Å². The van der Waals surface area contributed by atoms with Crippen LogP contribution in [0.4, 0.5) is 5.69 Å². The zero-order valence-electron chi connectivity index (χ0n) is 13.1. The van der Waals surface area contributed by atoms with E-state index < -0.39 is 0 Å². The van der Waals surface area contributed by atoms with Gasteiger partial charge in [-0.15, -0.1) is 0 Å². The lowest BCUT2D eigenvalue weighted by Crippen LogP contribution is -1.95. The summed E-state index contributed by atoms with van der Waals surface area (Å²) in [6, 6.07) is 13.4. The van der Waals surface area contributed by atoms with E-state index >= 15 is 0 Å². The molecule has 0 aliphatic carbocycles. The van der Waals surface area contributed by atoms with Gasteiger partial charge in [-0.2, -0.15) is 0 Å². The van der Waals surface area contributed by atoms with Crippen molar-refractivity contribution in [3.63, 3.8) is 0 Å². The number of aryl methyl sites for hydroxylation is 1. The Balaban J connectivity index is 2.22. The van der Waals surface area contributed by atoms with Crippen LogP contribution in [0.1, 0.15) is 18.1 Å². The summed E-state index contributed by atoms with van der Waals surface area (Å²) in [7, 11) is 0. The molecule has 1 heterocycles. The van der Waals surface area contributed by atoms with E-state index in [-0.39, 0.29) is 10.6 Å². The topological polar surface area (TPSA) is 68.2 Å². The van der Waals surface area contributed by atoms with Gasteiger partial charge in [0.1, 0.15) is 5.52 Å². The smallest absolute Gasteiger partial charge is 0.293 e. The Morgan fingerprint density at radius 3 is 2.61 bits per heavy atom. The number of non-ortho nitro benzene ring substituents is 1. The van der Waals surface area contributed by atoms with Gasteiger partial charge in [0.15, 0.2) is 0 Å². The van der Waals surface area contributed by atoms with Crippen LogP contribution in [0.5, 0.6) is 0 Å². The molecule has 0 bridgehead atoms.